The van der Waals surface area contributed by atoms with Crippen LogP contribution in [0.25, 0.3) is 0 Å². The summed E-state index contributed by atoms with van der Waals surface area (Å²) in [7, 11) is 0. The van der Waals surface area contributed by atoms with E-state index in [-0.39, 0.29) is 40.0 Å². The van der Waals surface area contributed by atoms with E-state index >= 15 is 0 Å². The smallest absolute Gasteiger partial charge is 0.271 e. The second kappa shape index (κ2) is 5.26. The van der Waals surface area contributed by atoms with Crippen LogP contribution in [0.5, 0.6) is 0 Å². The molecule has 3 aliphatic rings. The largest absolute Gasteiger partial charge is 0.274 e. The first-order valence-corrected chi connectivity index (χ1v) is 8.38. The molecular weight excluding hydrogens is 344 g/mol. The number of halogens is 1. The normalized spacial score (nSPS) is 29.6. The van der Waals surface area contributed by atoms with Gasteiger partial charge in [0, 0.05) is 24.0 Å². The van der Waals surface area contributed by atoms with Crippen LogP contribution < -0.4 is 4.90 Å². The maximum absolute atomic E-state index is 13.0. The number of nitro benzene ring substituents is 1. The molecule has 0 aromatic heterocycles. The first kappa shape index (κ1) is 16.0. The van der Waals surface area contributed by atoms with Gasteiger partial charge in [-0.05, 0) is 19.9 Å². The van der Waals surface area contributed by atoms with E-state index in [4.69, 9.17) is 11.6 Å². The van der Waals surface area contributed by atoms with Crippen molar-refractivity contribution in [3.05, 3.63) is 56.6 Å². The SMILES string of the molecule is CC(C)=C1[C@H]2C=C[C@H]1[C@@H]1C(=O)N(c3cc([N+](=O)[O-])ccc3Cl)C(=O)[C@H]12. The Labute approximate surface area is 148 Å². The molecule has 4 atom stereocenters. The van der Waals surface area contributed by atoms with Gasteiger partial charge in [0.1, 0.15) is 0 Å². The maximum Gasteiger partial charge on any atom is 0.271 e. The first-order chi connectivity index (χ1) is 11.8. The fraction of sp³-hybridized carbons (Fsp3) is 0.333. The zero-order chi connectivity index (χ0) is 18.0. The minimum absolute atomic E-state index is 0.0704. The van der Waals surface area contributed by atoms with Gasteiger partial charge in [0.05, 0.1) is 27.5 Å². The maximum atomic E-state index is 13.0. The Kier molecular flexibility index (Phi) is 3.37. The van der Waals surface area contributed by atoms with Crippen molar-refractivity contribution in [3.8, 4) is 0 Å². The van der Waals surface area contributed by atoms with Crippen molar-refractivity contribution in [2.24, 2.45) is 23.7 Å². The van der Waals surface area contributed by atoms with Gasteiger partial charge in [-0.1, -0.05) is 34.9 Å². The van der Waals surface area contributed by atoms with Crippen LogP contribution in [-0.4, -0.2) is 16.7 Å². The van der Waals surface area contributed by atoms with Crippen LogP contribution >= 0.6 is 11.6 Å². The Morgan fingerprint density at radius 1 is 1.12 bits per heavy atom. The van der Waals surface area contributed by atoms with E-state index in [2.05, 4.69) is 0 Å². The number of carbonyl (C=O) groups is 2. The number of hydrogen-bond donors (Lipinski definition) is 0. The average Bonchev–Trinajstić information content (AvgIpc) is 3.18. The molecular formula is C18H15ClN2O4. The van der Waals surface area contributed by atoms with Crippen molar-refractivity contribution >= 4 is 34.8 Å². The Morgan fingerprint density at radius 3 is 2.16 bits per heavy atom. The molecule has 0 N–H and O–H groups in total. The monoisotopic (exact) mass is 358 g/mol. The fourth-order valence-corrected chi connectivity index (χ4v) is 4.66. The summed E-state index contributed by atoms with van der Waals surface area (Å²) >= 11 is 6.14. The van der Waals surface area contributed by atoms with Gasteiger partial charge in [0.25, 0.3) is 5.69 Å². The standard InChI is InChI=1S/C18H15ClN2O4/c1-8(2)14-10-4-5-11(14)16-15(10)17(22)20(18(16)23)13-7-9(21(24)25)3-6-12(13)19/h3-7,10-11,15-16H,1-2H3/t10-,11-,15+,16+/m1/s1. The highest BCUT2D eigenvalue weighted by Gasteiger charge is 2.62. The highest BCUT2D eigenvalue weighted by molar-refractivity contribution is 6.36. The molecule has 1 heterocycles. The third kappa shape index (κ3) is 2.03. The minimum Gasteiger partial charge on any atom is -0.274 e. The topological polar surface area (TPSA) is 80.5 Å². The molecule has 7 heteroatoms. The molecule has 1 aromatic carbocycles. The number of hydrogen-bond acceptors (Lipinski definition) is 4. The molecule has 1 saturated heterocycles. The van der Waals surface area contributed by atoms with Gasteiger partial charge in [-0.2, -0.15) is 0 Å². The third-order valence-corrected chi connectivity index (χ3v) is 5.69. The molecule has 0 radical (unpaired) electrons. The molecule has 1 aliphatic heterocycles. The highest BCUT2D eigenvalue weighted by atomic mass is 35.5. The minimum atomic E-state index is -0.571. The second-order valence-corrected chi connectivity index (χ2v) is 7.26. The molecule has 1 saturated carbocycles. The molecule has 2 bridgehead atoms. The zero-order valence-electron chi connectivity index (χ0n) is 13.6. The lowest BCUT2D eigenvalue weighted by Crippen LogP contribution is -2.33. The number of anilines is 1. The number of non-ortho nitro benzene ring substituents is 1. The molecule has 25 heavy (non-hydrogen) atoms. The van der Waals surface area contributed by atoms with Crippen molar-refractivity contribution in [1.29, 1.82) is 0 Å². The molecule has 0 spiro atoms. The lowest BCUT2D eigenvalue weighted by Gasteiger charge is -2.20. The lowest BCUT2D eigenvalue weighted by molar-refractivity contribution is -0.384. The molecule has 2 amide bonds. The number of nitrogens with zero attached hydrogens (tertiary/aromatic N) is 2. The summed E-state index contributed by atoms with van der Waals surface area (Å²) < 4.78 is 0. The van der Waals surface area contributed by atoms with Gasteiger partial charge >= 0.3 is 0 Å². The summed E-state index contributed by atoms with van der Waals surface area (Å²) in [5.41, 5.74) is 2.18. The summed E-state index contributed by atoms with van der Waals surface area (Å²) in [5.74, 6) is -1.68. The first-order valence-electron chi connectivity index (χ1n) is 8.00. The van der Waals surface area contributed by atoms with Gasteiger partial charge in [-0.3, -0.25) is 19.7 Å². The average molecular weight is 359 g/mol. The number of rotatable bonds is 2. The van der Waals surface area contributed by atoms with Crippen molar-refractivity contribution in [3.63, 3.8) is 0 Å². The Hall–Kier alpha value is -2.47. The van der Waals surface area contributed by atoms with E-state index in [9.17, 15) is 19.7 Å². The molecule has 1 aromatic rings. The molecule has 4 rings (SSSR count). The lowest BCUT2D eigenvalue weighted by atomic mass is 9.85. The number of fused-ring (bicyclic) bond motifs is 5. The molecule has 0 unspecified atom stereocenters. The summed E-state index contributed by atoms with van der Waals surface area (Å²) in [4.78, 5) is 37.5. The Bertz CT molecular complexity index is 866. The highest BCUT2D eigenvalue weighted by Crippen LogP contribution is 2.57. The van der Waals surface area contributed by atoms with Crippen molar-refractivity contribution in [2.75, 3.05) is 4.90 Å². The van der Waals surface area contributed by atoms with E-state index in [1.807, 2.05) is 26.0 Å². The van der Waals surface area contributed by atoms with Gasteiger partial charge in [0.15, 0.2) is 0 Å². The Balaban J connectivity index is 1.79. The van der Waals surface area contributed by atoms with E-state index < -0.39 is 16.8 Å². The van der Waals surface area contributed by atoms with Crippen LogP contribution in [0.3, 0.4) is 0 Å². The molecule has 2 aliphatic carbocycles. The zero-order valence-corrected chi connectivity index (χ0v) is 14.4. The quantitative estimate of drug-likeness (QED) is 0.350. The van der Waals surface area contributed by atoms with Crippen LogP contribution in [0.4, 0.5) is 11.4 Å². The van der Waals surface area contributed by atoms with Crippen LogP contribution in [0.15, 0.2) is 41.5 Å². The van der Waals surface area contributed by atoms with Crippen LogP contribution in [0, 0.1) is 33.8 Å². The molecule has 128 valence electrons. The van der Waals surface area contributed by atoms with E-state index in [0.717, 1.165) is 16.0 Å². The van der Waals surface area contributed by atoms with Gasteiger partial charge in [-0.25, -0.2) is 4.90 Å². The number of imide groups is 1. The van der Waals surface area contributed by atoms with E-state index in [1.165, 1.54) is 18.2 Å². The van der Waals surface area contributed by atoms with E-state index in [1.54, 1.807) is 0 Å². The summed E-state index contributed by atoms with van der Waals surface area (Å²) in [5, 5.41) is 11.2. The van der Waals surface area contributed by atoms with Gasteiger partial charge < -0.3 is 0 Å². The fourth-order valence-electron chi connectivity index (χ4n) is 4.45. The number of benzene rings is 1. The van der Waals surface area contributed by atoms with Crippen molar-refractivity contribution in [2.45, 2.75) is 13.8 Å². The van der Waals surface area contributed by atoms with Gasteiger partial charge in [0.2, 0.25) is 11.8 Å². The van der Waals surface area contributed by atoms with Crippen molar-refractivity contribution < 1.29 is 14.5 Å². The van der Waals surface area contributed by atoms with E-state index in [0.29, 0.717) is 0 Å². The summed E-state index contributed by atoms with van der Waals surface area (Å²) in [6, 6.07) is 3.79. The Morgan fingerprint density at radius 2 is 1.68 bits per heavy atom. The third-order valence-electron chi connectivity index (χ3n) is 5.37. The van der Waals surface area contributed by atoms with Crippen LogP contribution in [-0.2, 0) is 9.59 Å². The predicted molar refractivity (Wildman–Crippen MR) is 92.1 cm³/mol. The second-order valence-electron chi connectivity index (χ2n) is 6.85. The van der Waals surface area contributed by atoms with Crippen molar-refractivity contribution in [1.82, 2.24) is 0 Å². The number of allylic oxidation sites excluding steroid dienone is 4. The van der Waals surface area contributed by atoms with Crippen LogP contribution in [0.1, 0.15) is 13.8 Å². The van der Waals surface area contributed by atoms with Gasteiger partial charge in [-0.15, -0.1) is 0 Å². The summed E-state index contributed by atoms with van der Waals surface area (Å²) in [6.45, 7) is 3.99. The molecule has 6 nitrogen and oxygen atoms in total. The predicted octanol–water partition coefficient (Wildman–Crippen LogP) is 3.51. The number of carbonyl (C=O) groups excluding carboxylic acids is 2. The summed E-state index contributed by atoms with van der Waals surface area (Å²) in [6.07, 6.45) is 4.00. The molecule has 2 fully saturated rings. The number of nitro groups is 1. The number of amides is 2. The van der Waals surface area contributed by atoms with Crippen LogP contribution in [0.2, 0.25) is 5.02 Å².